The highest BCUT2D eigenvalue weighted by Crippen LogP contribution is 2.23. The minimum Gasteiger partial charge on any atom is -0.351 e. The minimum atomic E-state index is -3.41. The van der Waals surface area contributed by atoms with Crippen LogP contribution in [0.1, 0.15) is 16.0 Å². The molecule has 124 valence electrons. The summed E-state index contributed by atoms with van der Waals surface area (Å²) in [4.78, 5) is 12.8. The second kappa shape index (κ2) is 7.25. The summed E-state index contributed by atoms with van der Waals surface area (Å²) >= 11 is 1.17. The molecular weight excluding hydrogens is 332 g/mol. The predicted octanol–water partition coefficient (Wildman–Crippen LogP) is 2.17. The molecule has 0 atom stereocenters. The van der Waals surface area contributed by atoms with Crippen LogP contribution < -0.4 is 5.32 Å². The summed E-state index contributed by atoms with van der Waals surface area (Å²) in [5.74, 6) is -0.0840. The van der Waals surface area contributed by atoms with Crippen molar-refractivity contribution in [2.45, 2.75) is 24.1 Å². The maximum Gasteiger partial charge on any atom is 0.252 e. The van der Waals surface area contributed by atoms with E-state index in [0.717, 1.165) is 16.0 Å². The molecule has 1 N–H and O–H groups in total. The molecule has 0 aliphatic rings. The minimum absolute atomic E-state index is 0.0840. The standard InChI is InChI=1S/C16H20N2O3S2/c1-12-4-6-13(7-5-12)10-15(19)17-11-14-8-9-16(22-14)23(20,21)18(2)3/h4-9H,10-11H2,1-3H3,(H,17,19). The monoisotopic (exact) mass is 352 g/mol. The zero-order valence-electron chi connectivity index (χ0n) is 13.4. The molecule has 1 aromatic carbocycles. The number of hydrogen-bond acceptors (Lipinski definition) is 4. The number of thiophene rings is 1. The molecule has 2 aromatic rings. The fourth-order valence-electron chi connectivity index (χ4n) is 1.91. The number of nitrogens with zero attached hydrogens (tertiary/aromatic N) is 1. The van der Waals surface area contributed by atoms with Gasteiger partial charge in [-0.3, -0.25) is 4.79 Å². The Morgan fingerprint density at radius 2 is 1.78 bits per heavy atom. The van der Waals surface area contributed by atoms with Crippen molar-refractivity contribution in [1.82, 2.24) is 9.62 Å². The Kier molecular flexibility index (Phi) is 5.56. The first-order valence-corrected chi connectivity index (χ1v) is 9.38. The molecule has 0 saturated carbocycles. The summed E-state index contributed by atoms with van der Waals surface area (Å²) in [7, 11) is -0.412. The van der Waals surface area contributed by atoms with Crippen molar-refractivity contribution in [3.05, 3.63) is 52.4 Å². The SMILES string of the molecule is Cc1ccc(CC(=O)NCc2ccc(S(=O)(=O)N(C)C)s2)cc1. The molecule has 0 bridgehead atoms. The van der Waals surface area contributed by atoms with Crippen LogP contribution in [-0.4, -0.2) is 32.7 Å². The molecule has 0 unspecified atom stereocenters. The molecule has 2 rings (SSSR count). The number of rotatable bonds is 6. The van der Waals surface area contributed by atoms with Crippen molar-refractivity contribution in [2.75, 3.05) is 14.1 Å². The van der Waals surface area contributed by atoms with Crippen LogP contribution in [0.3, 0.4) is 0 Å². The van der Waals surface area contributed by atoms with E-state index in [-0.39, 0.29) is 10.1 Å². The largest absolute Gasteiger partial charge is 0.351 e. The Morgan fingerprint density at radius 3 is 2.39 bits per heavy atom. The Bertz CT molecular complexity index is 778. The van der Waals surface area contributed by atoms with Crippen LogP contribution in [0.15, 0.2) is 40.6 Å². The number of benzene rings is 1. The van der Waals surface area contributed by atoms with Crippen molar-refractivity contribution in [3.63, 3.8) is 0 Å². The van der Waals surface area contributed by atoms with E-state index in [1.165, 1.54) is 29.7 Å². The Labute approximate surface area is 141 Å². The van der Waals surface area contributed by atoms with Crippen LogP contribution in [0.5, 0.6) is 0 Å². The predicted molar refractivity (Wildman–Crippen MR) is 91.9 cm³/mol. The topological polar surface area (TPSA) is 66.5 Å². The van der Waals surface area contributed by atoms with Gasteiger partial charge in [0.25, 0.3) is 10.0 Å². The van der Waals surface area contributed by atoms with E-state index in [4.69, 9.17) is 0 Å². The summed E-state index contributed by atoms with van der Waals surface area (Å²) < 4.78 is 25.5. The average Bonchev–Trinajstić information content (AvgIpc) is 2.97. The van der Waals surface area contributed by atoms with Crippen LogP contribution in [0, 0.1) is 6.92 Å². The van der Waals surface area contributed by atoms with Crippen LogP contribution in [0.25, 0.3) is 0 Å². The summed E-state index contributed by atoms with van der Waals surface area (Å²) in [5, 5.41) is 2.82. The number of sulfonamides is 1. The molecule has 5 nitrogen and oxygen atoms in total. The second-order valence-corrected chi connectivity index (χ2v) is 8.99. The number of amides is 1. The van der Waals surface area contributed by atoms with Gasteiger partial charge in [-0.25, -0.2) is 12.7 Å². The lowest BCUT2D eigenvalue weighted by Gasteiger charge is -2.08. The molecule has 0 fully saturated rings. The number of nitrogens with one attached hydrogen (secondary N) is 1. The van der Waals surface area contributed by atoms with Crippen LogP contribution in [-0.2, 0) is 27.8 Å². The Balaban J connectivity index is 1.92. The van der Waals surface area contributed by atoms with Crippen LogP contribution >= 0.6 is 11.3 Å². The molecule has 1 aromatic heterocycles. The normalized spacial score (nSPS) is 11.7. The van der Waals surface area contributed by atoms with Gasteiger partial charge in [0.2, 0.25) is 5.91 Å². The molecule has 7 heteroatoms. The molecule has 1 amide bonds. The number of carbonyl (C=O) groups is 1. The zero-order valence-corrected chi connectivity index (χ0v) is 15.0. The third-order valence-corrected chi connectivity index (χ3v) is 6.68. The van der Waals surface area contributed by atoms with Gasteiger partial charge in [0.05, 0.1) is 13.0 Å². The third-order valence-electron chi connectivity index (χ3n) is 3.32. The maximum atomic E-state index is 12.0. The van der Waals surface area contributed by atoms with E-state index in [1.54, 1.807) is 12.1 Å². The summed E-state index contributed by atoms with van der Waals surface area (Å²) in [6, 6.07) is 11.1. The van der Waals surface area contributed by atoms with Gasteiger partial charge in [0.1, 0.15) is 4.21 Å². The zero-order chi connectivity index (χ0) is 17.0. The van der Waals surface area contributed by atoms with Crippen molar-refractivity contribution in [1.29, 1.82) is 0 Å². The third kappa shape index (κ3) is 4.63. The van der Waals surface area contributed by atoms with Crippen molar-refractivity contribution in [3.8, 4) is 0 Å². The number of hydrogen-bond donors (Lipinski definition) is 1. The van der Waals surface area contributed by atoms with Gasteiger partial charge in [-0.05, 0) is 24.6 Å². The van der Waals surface area contributed by atoms with Gasteiger partial charge in [-0.15, -0.1) is 11.3 Å². The van der Waals surface area contributed by atoms with E-state index < -0.39 is 10.0 Å². The summed E-state index contributed by atoms with van der Waals surface area (Å²) in [6.45, 7) is 2.33. The van der Waals surface area contributed by atoms with Crippen molar-refractivity contribution in [2.24, 2.45) is 0 Å². The summed E-state index contributed by atoms with van der Waals surface area (Å²) in [5.41, 5.74) is 2.11. The fraction of sp³-hybridized carbons (Fsp3) is 0.312. The van der Waals surface area contributed by atoms with E-state index in [1.807, 2.05) is 31.2 Å². The van der Waals surface area contributed by atoms with Gasteiger partial charge in [-0.2, -0.15) is 0 Å². The first kappa shape index (κ1) is 17.7. The van der Waals surface area contributed by atoms with Gasteiger partial charge in [-0.1, -0.05) is 29.8 Å². The van der Waals surface area contributed by atoms with E-state index in [0.29, 0.717) is 13.0 Å². The highest BCUT2D eigenvalue weighted by Gasteiger charge is 2.19. The van der Waals surface area contributed by atoms with Gasteiger partial charge in [0, 0.05) is 19.0 Å². The van der Waals surface area contributed by atoms with Gasteiger partial charge >= 0.3 is 0 Å². The fourth-order valence-corrected chi connectivity index (χ4v) is 4.38. The Hall–Kier alpha value is -1.70. The van der Waals surface area contributed by atoms with Crippen molar-refractivity contribution >= 4 is 27.3 Å². The molecule has 23 heavy (non-hydrogen) atoms. The molecule has 0 aliphatic carbocycles. The van der Waals surface area contributed by atoms with Gasteiger partial charge in [0.15, 0.2) is 0 Å². The quantitative estimate of drug-likeness (QED) is 0.866. The second-order valence-electron chi connectivity index (χ2n) is 5.45. The molecule has 0 aliphatic heterocycles. The van der Waals surface area contributed by atoms with E-state index >= 15 is 0 Å². The molecule has 0 radical (unpaired) electrons. The lowest BCUT2D eigenvalue weighted by atomic mass is 10.1. The number of aryl methyl sites for hydroxylation is 1. The van der Waals surface area contributed by atoms with Crippen molar-refractivity contribution < 1.29 is 13.2 Å². The lowest BCUT2D eigenvalue weighted by Crippen LogP contribution is -2.24. The first-order chi connectivity index (χ1) is 10.8. The van der Waals surface area contributed by atoms with Crippen LogP contribution in [0.2, 0.25) is 0 Å². The van der Waals surface area contributed by atoms with E-state index in [9.17, 15) is 13.2 Å². The Morgan fingerprint density at radius 1 is 1.13 bits per heavy atom. The molecule has 0 saturated heterocycles. The van der Waals surface area contributed by atoms with Crippen LogP contribution in [0.4, 0.5) is 0 Å². The molecular formula is C16H20N2O3S2. The maximum absolute atomic E-state index is 12.0. The average molecular weight is 352 g/mol. The lowest BCUT2D eigenvalue weighted by molar-refractivity contribution is -0.120. The smallest absolute Gasteiger partial charge is 0.252 e. The van der Waals surface area contributed by atoms with E-state index in [2.05, 4.69) is 5.32 Å². The molecule has 1 heterocycles. The highest BCUT2D eigenvalue weighted by atomic mass is 32.2. The van der Waals surface area contributed by atoms with Gasteiger partial charge < -0.3 is 5.32 Å². The number of carbonyl (C=O) groups excluding carboxylic acids is 1. The molecule has 0 spiro atoms. The first-order valence-electron chi connectivity index (χ1n) is 7.12. The summed E-state index contributed by atoms with van der Waals surface area (Å²) in [6.07, 6.45) is 0.314. The highest BCUT2D eigenvalue weighted by molar-refractivity contribution is 7.91.